The standard InChI is InChI=1S/C15H21BrFN/c1-15(2)8-4-3-5-14(15)18-10-11-6-7-12(16)13(17)9-11/h6-7,9,14,18H,3-5,8,10H2,1-2H3. The summed E-state index contributed by atoms with van der Waals surface area (Å²) in [5, 5.41) is 3.59. The average molecular weight is 314 g/mol. The maximum absolute atomic E-state index is 13.4. The Balaban J connectivity index is 1.96. The van der Waals surface area contributed by atoms with Crippen LogP contribution in [0.15, 0.2) is 22.7 Å². The van der Waals surface area contributed by atoms with E-state index >= 15 is 0 Å². The highest BCUT2D eigenvalue weighted by molar-refractivity contribution is 9.10. The molecule has 18 heavy (non-hydrogen) atoms. The molecule has 100 valence electrons. The fourth-order valence-electron chi connectivity index (χ4n) is 2.76. The van der Waals surface area contributed by atoms with Crippen molar-refractivity contribution in [2.75, 3.05) is 0 Å². The Morgan fingerprint density at radius 3 is 2.83 bits per heavy atom. The topological polar surface area (TPSA) is 12.0 Å². The van der Waals surface area contributed by atoms with Crippen molar-refractivity contribution in [2.24, 2.45) is 5.41 Å². The van der Waals surface area contributed by atoms with Gasteiger partial charge in [0, 0.05) is 12.6 Å². The Morgan fingerprint density at radius 2 is 2.17 bits per heavy atom. The highest BCUT2D eigenvalue weighted by atomic mass is 79.9. The molecule has 0 bridgehead atoms. The Hall–Kier alpha value is -0.410. The minimum absolute atomic E-state index is 0.183. The molecule has 0 spiro atoms. The van der Waals surface area contributed by atoms with Crippen LogP contribution in [-0.4, -0.2) is 6.04 Å². The second-order valence-corrected chi connectivity index (χ2v) is 6.77. The van der Waals surface area contributed by atoms with Crippen molar-refractivity contribution in [2.45, 2.75) is 52.1 Å². The molecule has 1 atom stereocenters. The molecule has 0 aliphatic heterocycles. The van der Waals surface area contributed by atoms with Crippen LogP contribution in [0.5, 0.6) is 0 Å². The van der Waals surface area contributed by atoms with Gasteiger partial charge >= 0.3 is 0 Å². The van der Waals surface area contributed by atoms with Gasteiger partial charge in [-0.3, -0.25) is 0 Å². The summed E-state index contributed by atoms with van der Waals surface area (Å²) in [6, 6.07) is 5.89. The predicted molar refractivity (Wildman–Crippen MR) is 77.0 cm³/mol. The summed E-state index contributed by atoms with van der Waals surface area (Å²) in [6.07, 6.45) is 5.14. The van der Waals surface area contributed by atoms with Gasteiger partial charge < -0.3 is 5.32 Å². The molecule has 1 aliphatic carbocycles. The van der Waals surface area contributed by atoms with Gasteiger partial charge in [0.25, 0.3) is 0 Å². The van der Waals surface area contributed by atoms with Gasteiger partial charge in [-0.1, -0.05) is 32.8 Å². The molecular formula is C15H21BrFN. The maximum atomic E-state index is 13.4. The Labute approximate surface area is 117 Å². The second kappa shape index (κ2) is 5.70. The predicted octanol–water partition coefficient (Wildman–Crippen LogP) is 4.65. The molecule has 1 fully saturated rings. The molecule has 0 radical (unpaired) electrons. The van der Waals surface area contributed by atoms with Crippen LogP contribution >= 0.6 is 15.9 Å². The Morgan fingerprint density at radius 1 is 1.39 bits per heavy atom. The third-order valence-electron chi connectivity index (χ3n) is 4.04. The second-order valence-electron chi connectivity index (χ2n) is 5.92. The zero-order chi connectivity index (χ0) is 13.2. The third-order valence-corrected chi connectivity index (χ3v) is 4.69. The average Bonchev–Trinajstić information content (AvgIpc) is 2.31. The Bertz CT molecular complexity index is 417. The molecule has 3 heteroatoms. The first-order valence-corrected chi connectivity index (χ1v) is 7.46. The molecule has 1 unspecified atom stereocenters. The van der Waals surface area contributed by atoms with Gasteiger partial charge in [0.05, 0.1) is 4.47 Å². The summed E-state index contributed by atoms with van der Waals surface area (Å²) in [6.45, 7) is 5.40. The molecule has 1 saturated carbocycles. The van der Waals surface area contributed by atoms with Gasteiger partial charge in [0.15, 0.2) is 0 Å². The number of rotatable bonds is 3. The van der Waals surface area contributed by atoms with Crippen molar-refractivity contribution < 1.29 is 4.39 Å². The minimum Gasteiger partial charge on any atom is -0.309 e. The van der Waals surface area contributed by atoms with Gasteiger partial charge in [-0.25, -0.2) is 4.39 Å². The summed E-state index contributed by atoms with van der Waals surface area (Å²) < 4.78 is 14.0. The van der Waals surface area contributed by atoms with Gasteiger partial charge in [-0.15, -0.1) is 0 Å². The lowest BCUT2D eigenvalue weighted by Gasteiger charge is -2.39. The summed E-state index contributed by atoms with van der Waals surface area (Å²) in [5.41, 5.74) is 1.36. The lowest BCUT2D eigenvalue weighted by Crippen LogP contribution is -2.43. The quantitative estimate of drug-likeness (QED) is 0.856. The first-order valence-electron chi connectivity index (χ1n) is 6.66. The number of hydrogen-bond donors (Lipinski definition) is 1. The van der Waals surface area contributed by atoms with E-state index in [1.807, 2.05) is 6.07 Å². The van der Waals surface area contributed by atoms with Crippen molar-refractivity contribution in [3.05, 3.63) is 34.1 Å². The molecule has 0 heterocycles. The molecule has 0 amide bonds. The third kappa shape index (κ3) is 3.33. The largest absolute Gasteiger partial charge is 0.309 e. The van der Waals surface area contributed by atoms with Crippen LogP contribution in [0.4, 0.5) is 4.39 Å². The van der Waals surface area contributed by atoms with Gasteiger partial charge in [-0.05, 0) is 51.9 Å². The lowest BCUT2D eigenvalue weighted by atomic mass is 9.73. The van der Waals surface area contributed by atoms with Crippen LogP contribution < -0.4 is 5.32 Å². The monoisotopic (exact) mass is 313 g/mol. The van der Waals surface area contributed by atoms with E-state index in [-0.39, 0.29) is 5.82 Å². The van der Waals surface area contributed by atoms with Crippen LogP contribution in [0, 0.1) is 11.2 Å². The minimum atomic E-state index is -0.183. The first kappa shape index (κ1) is 14.0. The van der Waals surface area contributed by atoms with E-state index in [1.165, 1.54) is 25.7 Å². The molecule has 2 rings (SSSR count). The molecular weight excluding hydrogens is 293 g/mol. The molecule has 0 saturated heterocycles. The summed E-state index contributed by atoms with van der Waals surface area (Å²) in [7, 11) is 0. The van der Waals surface area contributed by atoms with Crippen molar-refractivity contribution in [1.29, 1.82) is 0 Å². The van der Waals surface area contributed by atoms with E-state index in [1.54, 1.807) is 12.1 Å². The molecule has 1 aliphatic rings. The van der Waals surface area contributed by atoms with Crippen molar-refractivity contribution in [3.8, 4) is 0 Å². The zero-order valence-electron chi connectivity index (χ0n) is 11.1. The van der Waals surface area contributed by atoms with Crippen molar-refractivity contribution in [1.82, 2.24) is 5.32 Å². The van der Waals surface area contributed by atoms with Gasteiger partial charge in [-0.2, -0.15) is 0 Å². The number of hydrogen-bond acceptors (Lipinski definition) is 1. The molecule has 1 N–H and O–H groups in total. The van der Waals surface area contributed by atoms with E-state index in [2.05, 4.69) is 35.1 Å². The van der Waals surface area contributed by atoms with Gasteiger partial charge in [0.2, 0.25) is 0 Å². The summed E-state index contributed by atoms with van der Waals surface area (Å²) >= 11 is 3.18. The van der Waals surface area contributed by atoms with E-state index < -0.39 is 0 Å². The smallest absolute Gasteiger partial charge is 0.137 e. The molecule has 1 aromatic carbocycles. The first-order chi connectivity index (χ1) is 8.49. The van der Waals surface area contributed by atoms with Crippen molar-refractivity contribution >= 4 is 15.9 Å². The lowest BCUT2D eigenvalue weighted by molar-refractivity contribution is 0.166. The zero-order valence-corrected chi connectivity index (χ0v) is 12.7. The van der Waals surface area contributed by atoms with Crippen LogP contribution in [-0.2, 0) is 6.54 Å². The summed E-state index contributed by atoms with van der Waals surface area (Å²) in [4.78, 5) is 0. The van der Waals surface area contributed by atoms with E-state index in [9.17, 15) is 4.39 Å². The number of halogens is 2. The number of benzene rings is 1. The highest BCUT2D eigenvalue weighted by Gasteiger charge is 2.31. The fourth-order valence-corrected chi connectivity index (χ4v) is 3.01. The van der Waals surface area contributed by atoms with Crippen LogP contribution in [0.25, 0.3) is 0 Å². The van der Waals surface area contributed by atoms with E-state index in [0.717, 1.165) is 12.1 Å². The Kier molecular flexibility index (Phi) is 4.44. The van der Waals surface area contributed by atoms with Gasteiger partial charge in [0.1, 0.15) is 5.82 Å². The normalized spacial score (nSPS) is 23.0. The molecule has 1 nitrogen and oxygen atoms in total. The highest BCUT2D eigenvalue weighted by Crippen LogP contribution is 2.35. The van der Waals surface area contributed by atoms with E-state index in [4.69, 9.17) is 0 Å². The molecule has 1 aromatic rings. The van der Waals surface area contributed by atoms with Crippen LogP contribution in [0.2, 0.25) is 0 Å². The van der Waals surface area contributed by atoms with Crippen LogP contribution in [0.1, 0.15) is 45.1 Å². The maximum Gasteiger partial charge on any atom is 0.137 e. The SMILES string of the molecule is CC1(C)CCCCC1NCc1ccc(Br)c(F)c1. The molecule has 0 aromatic heterocycles. The van der Waals surface area contributed by atoms with E-state index in [0.29, 0.717) is 15.9 Å². The van der Waals surface area contributed by atoms with Crippen molar-refractivity contribution in [3.63, 3.8) is 0 Å². The summed E-state index contributed by atoms with van der Waals surface area (Å²) in [5.74, 6) is -0.183. The van der Waals surface area contributed by atoms with Crippen LogP contribution in [0.3, 0.4) is 0 Å². The fraction of sp³-hybridized carbons (Fsp3) is 0.600. The number of nitrogens with one attached hydrogen (secondary N) is 1.